The first-order valence-electron chi connectivity index (χ1n) is 10.9. The molecule has 3 rings (SSSR count). The normalized spacial score (nSPS) is 21.8. The van der Waals surface area contributed by atoms with Gasteiger partial charge in [-0.2, -0.15) is 5.10 Å². The number of piperidine rings is 1. The highest BCUT2D eigenvalue weighted by Gasteiger charge is 2.23. The zero-order chi connectivity index (χ0) is 19.8. The van der Waals surface area contributed by atoms with Crippen LogP contribution in [0.3, 0.4) is 0 Å². The summed E-state index contributed by atoms with van der Waals surface area (Å²) in [6.07, 6.45) is 10.6. The van der Waals surface area contributed by atoms with Crippen molar-refractivity contribution in [1.82, 2.24) is 25.3 Å². The molecule has 1 aromatic heterocycles. The summed E-state index contributed by atoms with van der Waals surface area (Å²) in [6.45, 7) is 4.94. The van der Waals surface area contributed by atoms with Gasteiger partial charge in [0.2, 0.25) is 0 Å². The van der Waals surface area contributed by atoms with Crippen LogP contribution in [-0.4, -0.2) is 52.4 Å². The van der Waals surface area contributed by atoms with Crippen molar-refractivity contribution in [2.75, 3.05) is 19.6 Å². The van der Waals surface area contributed by atoms with E-state index < -0.39 is 0 Å². The number of likely N-dealkylation sites (tertiary alicyclic amines) is 1. The second kappa shape index (κ2) is 10.6. The van der Waals surface area contributed by atoms with Crippen LogP contribution in [0.4, 0.5) is 4.79 Å². The van der Waals surface area contributed by atoms with E-state index >= 15 is 0 Å². The molecular formula is C21H35N5O2. The van der Waals surface area contributed by atoms with E-state index in [4.69, 9.17) is 0 Å². The Morgan fingerprint density at radius 1 is 1.07 bits per heavy atom. The molecule has 1 saturated carbocycles. The molecule has 156 valence electrons. The van der Waals surface area contributed by atoms with E-state index in [2.05, 4.69) is 20.6 Å². The molecule has 28 heavy (non-hydrogen) atoms. The molecule has 1 aromatic rings. The van der Waals surface area contributed by atoms with Crippen molar-refractivity contribution in [1.29, 1.82) is 0 Å². The smallest absolute Gasteiger partial charge is 0.315 e. The average Bonchev–Trinajstić information content (AvgIpc) is 2.96. The number of aryl methyl sites for hydroxylation is 1. The summed E-state index contributed by atoms with van der Waals surface area (Å²) >= 11 is 0. The summed E-state index contributed by atoms with van der Waals surface area (Å²) < 4.78 is 1.55. The van der Waals surface area contributed by atoms with Gasteiger partial charge in [-0.05, 0) is 45.2 Å². The first-order chi connectivity index (χ1) is 13.6. The monoisotopic (exact) mass is 389 g/mol. The lowest BCUT2D eigenvalue weighted by Gasteiger charge is -2.35. The highest BCUT2D eigenvalue weighted by atomic mass is 16.2. The van der Waals surface area contributed by atoms with Crippen LogP contribution < -0.4 is 16.2 Å². The topological polar surface area (TPSA) is 79.3 Å². The molecule has 1 atom stereocenters. The van der Waals surface area contributed by atoms with Crippen LogP contribution in [0.1, 0.15) is 63.5 Å². The third-order valence-corrected chi connectivity index (χ3v) is 6.04. The Bertz CT molecular complexity index is 682. The summed E-state index contributed by atoms with van der Waals surface area (Å²) in [5.41, 5.74) is 0.798. The Morgan fingerprint density at radius 3 is 2.61 bits per heavy atom. The standard InChI is InChI=1S/C21H35N5O2/c1-17-11-12-20(27)26(24-17)15-14-25-13-7-6-10-19(25)16-22-21(28)23-18-8-4-2-3-5-9-18/h11-12,18-19H,2-10,13-16H2,1H3,(H2,22,23,28). The minimum atomic E-state index is -0.0555. The fraction of sp³-hybridized carbons (Fsp3) is 0.762. The summed E-state index contributed by atoms with van der Waals surface area (Å²) in [6, 6.07) is 3.95. The highest BCUT2D eigenvalue weighted by molar-refractivity contribution is 5.74. The molecule has 2 heterocycles. The van der Waals surface area contributed by atoms with Gasteiger partial charge in [0.05, 0.1) is 12.2 Å². The molecule has 7 heteroatoms. The van der Waals surface area contributed by atoms with Crippen molar-refractivity contribution >= 4 is 6.03 Å². The summed E-state index contributed by atoms with van der Waals surface area (Å²) in [5.74, 6) is 0. The molecule has 0 bridgehead atoms. The molecule has 0 aromatic carbocycles. The molecule has 0 spiro atoms. The van der Waals surface area contributed by atoms with Crippen LogP contribution in [0.15, 0.2) is 16.9 Å². The molecule has 1 saturated heterocycles. The second-order valence-corrected chi connectivity index (χ2v) is 8.26. The number of carbonyl (C=O) groups is 1. The first kappa shape index (κ1) is 20.8. The van der Waals surface area contributed by atoms with Crippen molar-refractivity contribution in [2.24, 2.45) is 0 Å². The molecule has 1 aliphatic carbocycles. The van der Waals surface area contributed by atoms with Crippen molar-refractivity contribution < 1.29 is 4.79 Å². The van der Waals surface area contributed by atoms with E-state index in [9.17, 15) is 9.59 Å². The van der Waals surface area contributed by atoms with Gasteiger partial charge >= 0.3 is 6.03 Å². The quantitative estimate of drug-likeness (QED) is 0.733. The van der Waals surface area contributed by atoms with Crippen LogP contribution in [-0.2, 0) is 6.54 Å². The molecule has 2 fully saturated rings. The summed E-state index contributed by atoms with van der Waals surface area (Å²) in [7, 11) is 0. The van der Waals surface area contributed by atoms with Gasteiger partial charge in [0.15, 0.2) is 0 Å². The summed E-state index contributed by atoms with van der Waals surface area (Å²) in [4.78, 5) is 26.7. The maximum Gasteiger partial charge on any atom is 0.315 e. The van der Waals surface area contributed by atoms with Crippen LogP contribution in [0, 0.1) is 6.92 Å². The van der Waals surface area contributed by atoms with E-state index in [0.29, 0.717) is 25.2 Å². The van der Waals surface area contributed by atoms with Crippen LogP contribution in [0.2, 0.25) is 0 Å². The number of aromatic nitrogens is 2. The molecule has 7 nitrogen and oxygen atoms in total. The highest BCUT2D eigenvalue weighted by Crippen LogP contribution is 2.18. The maximum atomic E-state index is 12.3. The van der Waals surface area contributed by atoms with Crippen molar-refractivity contribution in [3.05, 3.63) is 28.2 Å². The van der Waals surface area contributed by atoms with Gasteiger partial charge in [0, 0.05) is 31.2 Å². The number of nitrogens with zero attached hydrogens (tertiary/aromatic N) is 3. The Hall–Kier alpha value is -1.89. The number of hydrogen-bond acceptors (Lipinski definition) is 4. The molecule has 1 unspecified atom stereocenters. The minimum absolute atomic E-state index is 0.0333. The largest absolute Gasteiger partial charge is 0.337 e. The molecule has 2 amide bonds. The number of hydrogen-bond donors (Lipinski definition) is 2. The number of amides is 2. The lowest BCUT2D eigenvalue weighted by atomic mass is 10.0. The fourth-order valence-corrected chi connectivity index (χ4v) is 4.39. The van der Waals surface area contributed by atoms with Gasteiger partial charge in [-0.25, -0.2) is 9.48 Å². The van der Waals surface area contributed by atoms with E-state index in [0.717, 1.165) is 38.0 Å². The van der Waals surface area contributed by atoms with Gasteiger partial charge in [-0.3, -0.25) is 9.69 Å². The van der Waals surface area contributed by atoms with Crippen LogP contribution >= 0.6 is 0 Å². The van der Waals surface area contributed by atoms with Crippen molar-refractivity contribution in [2.45, 2.75) is 83.3 Å². The molecule has 2 aliphatic rings. The molecule has 1 aliphatic heterocycles. The Morgan fingerprint density at radius 2 is 1.82 bits per heavy atom. The third-order valence-electron chi connectivity index (χ3n) is 6.04. The maximum absolute atomic E-state index is 12.3. The van der Waals surface area contributed by atoms with Gasteiger partial charge in [-0.15, -0.1) is 0 Å². The van der Waals surface area contributed by atoms with Gasteiger partial charge < -0.3 is 10.6 Å². The third kappa shape index (κ3) is 6.33. The molecular weight excluding hydrogens is 354 g/mol. The number of rotatable bonds is 6. The van der Waals surface area contributed by atoms with Gasteiger partial charge in [-0.1, -0.05) is 32.1 Å². The van der Waals surface area contributed by atoms with E-state index in [1.165, 1.54) is 38.5 Å². The molecule has 0 radical (unpaired) electrons. The Labute approximate surface area is 167 Å². The Balaban J connectivity index is 1.46. The summed E-state index contributed by atoms with van der Waals surface area (Å²) in [5, 5.41) is 10.6. The number of carbonyl (C=O) groups excluding carboxylic acids is 1. The van der Waals surface area contributed by atoms with E-state index in [1.54, 1.807) is 16.8 Å². The van der Waals surface area contributed by atoms with Crippen molar-refractivity contribution in [3.8, 4) is 0 Å². The van der Waals surface area contributed by atoms with E-state index in [1.807, 2.05) is 6.92 Å². The second-order valence-electron chi connectivity index (χ2n) is 8.26. The zero-order valence-corrected chi connectivity index (χ0v) is 17.2. The van der Waals surface area contributed by atoms with Crippen LogP contribution in [0.25, 0.3) is 0 Å². The first-order valence-corrected chi connectivity index (χ1v) is 10.9. The average molecular weight is 390 g/mol. The van der Waals surface area contributed by atoms with E-state index in [-0.39, 0.29) is 11.6 Å². The number of nitrogens with one attached hydrogen (secondary N) is 2. The zero-order valence-electron chi connectivity index (χ0n) is 17.2. The predicted molar refractivity (Wildman–Crippen MR) is 110 cm³/mol. The SMILES string of the molecule is Cc1ccc(=O)n(CCN2CCCCC2CNC(=O)NC2CCCCCC2)n1. The lowest BCUT2D eigenvalue weighted by Crippen LogP contribution is -2.51. The number of urea groups is 1. The molecule has 2 N–H and O–H groups in total. The van der Waals surface area contributed by atoms with Gasteiger partial charge in [0.1, 0.15) is 0 Å². The van der Waals surface area contributed by atoms with Crippen LogP contribution in [0.5, 0.6) is 0 Å². The Kier molecular flexibility index (Phi) is 7.89. The van der Waals surface area contributed by atoms with Crippen molar-refractivity contribution in [3.63, 3.8) is 0 Å². The lowest BCUT2D eigenvalue weighted by molar-refractivity contribution is 0.138. The fourth-order valence-electron chi connectivity index (χ4n) is 4.39. The predicted octanol–water partition coefficient (Wildman–Crippen LogP) is 2.43. The van der Waals surface area contributed by atoms with Gasteiger partial charge in [0.25, 0.3) is 5.56 Å². The minimum Gasteiger partial charge on any atom is -0.337 e.